The monoisotopic (exact) mass is 275 g/mol. The van der Waals surface area contributed by atoms with Gasteiger partial charge in [0.2, 0.25) is 0 Å². The molecule has 4 rings (SSSR count). The Morgan fingerprint density at radius 3 is 2.57 bits per heavy atom. The Bertz CT molecular complexity index is 717. The van der Waals surface area contributed by atoms with Gasteiger partial charge in [-0.2, -0.15) is 0 Å². The van der Waals surface area contributed by atoms with Crippen LogP contribution < -0.4 is 5.32 Å². The van der Waals surface area contributed by atoms with Crippen LogP contribution in [0.4, 0.5) is 5.69 Å². The molecule has 0 radical (unpaired) electrons. The summed E-state index contributed by atoms with van der Waals surface area (Å²) in [5.41, 5.74) is 4.31. The van der Waals surface area contributed by atoms with Gasteiger partial charge in [-0.15, -0.1) is 0 Å². The topological polar surface area (TPSA) is 29.1 Å². The van der Waals surface area contributed by atoms with Crippen molar-refractivity contribution in [2.75, 3.05) is 5.32 Å². The lowest BCUT2D eigenvalue weighted by molar-refractivity contribution is -0.117. The van der Waals surface area contributed by atoms with Gasteiger partial charge >= 0.3 is 0 Å². The van der Waals surface area contributed by atoms with Crippen LogP contribution in [0.15, 0.2) is 66.2 Å². The zero-order valence-corrected chi connectivity index (χ0v) is 11.8. The molecule has 0 saturated carbocycles. The quantitative estimate of drug-likeness (QED) is 0.844. The Morgan fingerprint density at radius 2 is 1.71 bits per heavy atom. The number of anilines is 1. The zero-order valence-electron chi connectivity index (χ0n) is 11.8. The molecule has 0 amide bonds. The first-order valence-corrected chi connectivity index (χ1v) is 7.49. The van der Waals surface area contributed by atoms with E-state index in [2.05, 4.69) is 35.7 Å². The molecule has 21 heavy (non-hydrogen) atoms. The number of fused-ring (bicyclic) bond motifs is 4. The highest BCUT2D eigenvalue weighted by Gasteiger charge is 2.36. The summed E-state index contributed by atoms with van der Waals surface area (Å²) in [6.45, 7) is 0. The molecular formula is C19H17NO. The second kappa shape index (κ2) is 4.88. The highest BCUT2D eigenvalue weighted by atomic mass is 16.1. The lowest BCUT2D eigenvalue weighted by atomic mass is 9.80. The molecule has 0 spiro atoms. The normalized spacial score (nSPS) is 23.6. The summed E-state index contributed by atoms with van der Waals surface area (Å²) in [6, 6.07) is 18.4. The number of Topliss-reactive ketones (excluding diaryl/α,β-unsaturated/α-hetero) is 1. The molecule has 0 fully saturated rings. The second-order valence-electron chi connectivity index (χ2n) is 5.73. The third-order valence-corrected chi connectivity index (χ3v) is 4.50. The minimum absolute atomic E-state index is 0.0161. The fourth-order valence-corrected chi connectivity index (χ4v) is 3.47. The summed E-state index contributed by atoms with van der Waals surface area (Å²) in [5.74, 6) is 0.301. The number of carbonyl (C=O) groups excluding carboxylic acids is 1. The molecule has 2 atom stereocenters. The van der Waals surface area contributed by atoms with Crippen LogP contribution in [0.25, 0.3) is 0 Å². The molecule has 2 aromatic rings. The Kier molecular flexibility index (Phi) is 2.88. The lowest BCUT2D eigenvalue weighted by Crippen LogP contribution is -2.22. The van der Waals surface area contributed by atoms with Gasteiger partial charge in [0.15, 0.2) is 5.78 Å². The Labute approximate surface area is 124 Å². The summed E-state index contributed by atoms with van der Waals surface area (Å²) in [5, 5.41) is 3.59. The van der Waals surface area contributed by atoms with Gasteiger partial charge in [-0.25, -0.2) is 0 Å². The zero-order chi connectivity index (χ0) is 14.2. The van der Waals surface area contributed by atoms with E-state index in [0.717, 1.165) is 35.2 Å². The van der Waals surface area contributed by atoms with Crippen molar-refractivity contribution in [1.29, 1.82) is 0 Å². The molecule has 1 N–H and O–H groups in total. The van der Waals surface area contributed by atoms with Gasteiger partial charge in [0.1, 0.15) is 0 Å². The van der Waals surface area contributed by atoms with Gasteiger partial charge < -0.3 is 5.32 Å². The fourth-order valence-electron chi connectivity index (χ4n) is 3.47. The van der Waals surface area contributed by atoms with Gasteiger partial charge in [0.05, 0.1) is 6.04 Å². The number of ketones is 1. The van der Waals surface area contributed by atoms with Crippen LogP contribution in [0, 0.1) is 0 Å². The smallest absolute Gasteiger partial charge is 0.168 e. The molecule has 2 aliphatic rings. The molecule has 2 bridgehead atoms. The van der Waals surface area contributed by atoms with Crippen molar-refractivity contribution in [2.45, 2.75) is 24.8 Å². The maximum absolute atomic E-state index is 12.9. The number of nitrogens with one attached hydrogen (secondary N) is 1. The third kappa shape index (κ3) is 1.99. The minimum Gasteiger partial charge on any atom is -0.374 e. The molecule has 2 unspecified atom stereocenters. The fraction of sp³-hybridized carbons (Fsp3) is 0.211. The SMILES string of the molecule is O=C1C2=CCCC1c1ccccc1NC2c1ccccc1. The average Bonchev–Trinajstić information content (AvgIpc) is 2.60. The van der Waals surface area contributed by atoms with Crippen molar-refractivity contribution in [1.82, 2.24) is 0 Å². The summed E-state index contributed by atoms with van der Waals surface area (Å²) >= 11 is 0. The molecule has 2 nitrogen and oxygen atoms in total. The third-order valence-electron chi connectivity index (χ3n) is 4.50. The molecule has 2 heteroatoms. The Balaban J connectivity index is 1.89. The number of rotatable bonds is 1. The van der Waals surface area contributed by atoms with Crippen molar-refractivity contribution in [2.24, 2.45) is 0 Å². The molecule has 0 saturated heterocycles. The predicted octanol–water partition coefficient (Wildman–Crippen LogP) is 4.23. The maximum Gasteiger partial charge on any atom is 0.168 e. The van der Waals surface area contributed by atoms with Crippen LogP contribution in [0.5, 0.6) is 0 Å². The van der Waals surface area contributed by atoms with E-state index in [1.807, 2.05) is 30.3 Å². The highest BCUT2D eigenvalue weighted by molar-refractivity contribution is 6.04. The molecule has 1 heterocycles. The van der Waals surface area contributed by atoms with Crippen LogP contribution >= 0.6 is 0 Å². The van der Waals surface area contributed by atoms with Crippen molar-refractivity contribution in [3.8, 4) is 0 Å². The predicted molar refractivity (Wildman–Crippen MR) is 84.3 cm³/mol. The molecule has 0 aromatic heterocycles. The average molecular weight is 275 g/mol. The second-order valence-corrected chi connectivity index (χ2v) is 5.73. The van der Waals surface area contributed by atoms with Crippen molar-refractivity contribution in [3.63, 3.8) is 0 Å². The van der Waals surface area contributed by atoms with E-state index in [0.29, 0.717) is 0 Å². The van der Waals surface area contributed by atoms with E-state index in [1.54, 1.807) is 0 Å². The van der Waals surface area contributed by atoms with E-state index < -0.39 is 0 Å². The van der Waals surface area contributed by atoms with Crippen LogP contribution in [0.2, 0.25) is 0 Å². The van der Waals surface area contributed by atoms with Gasteiger partial charge in [-0.3, -0.25) is 4.79 Å². The first-order valence-electron chi connectivity index (χ1n) is 7.49. The number of carbonyl (C=O) groups is 1. The van der Waals surface area contributed by atoms with E-state index in [9.17, 15) is 4.79 Å². The van der Waals surface area contributed by atoms with E-state index >= 15 is 0 Å². The Hall–Kier alpha value is -2.35. The van der Waals surface area contributed by atoms with Crippen LogP contribution in [-0.4, -0.2) is 5.78 Å². The lowest BCUT2D eigenvalue weighted by Gasteiger charge is -2.23. The van der Waals surface area contributed by atoms with Crippen LogP contribution in [-0.2, 0) is 4.79 Å². The maximum atomic E-state index is 12.9. The van der Waals surface area contributed by atoms with E-state index in [4.69, 9.17) is 0 Å². The number of allylic oxidation sites excluding steroid dienone is 1. The molecule has 1 aliphatic carbocycles. The van der Waals surface area contributed by atoms with E-state index in [1.165, 1.54) is 0 Å². The van der Waals surface area contributed by atoms with Gasteiger partial charge in [0, 0.05) is 17.2 Å². The number of hydrogen-bond donors (Lipinski definition) is 1. The van der Waals surface area contributed by atoms with Gasteiger partial charge in [0.25, 0.3) is 0 Å². The summed E-state index contributed by atoms with van der Waals surface area (Å²) in [6.07, 6.45) is 4.02. The standard InChI is InChI=1S/C19H17NO/c21-19-15-10-6-11-16(19)18(13-7-2-1-3-8-13)20-17-12-5-4-9-14(15)17/h1-5,7-9,11-12,15,18,20H,6,10H2. The van der Waals surface area contributed by atoms with Gasteiger partial charge in [-0.1, -0.05) is 54.6 Å². The number of para-hydroxylation sites is 1. The van der Waals surface area contributed by atoms with Crippen molar-refractivity contribution >= 4 is 11.5 Å². The van der Waals surface area contributed by atoms with Crippen LogP contribution in [0.3, 0.4) is 0 Å². The first kappa shape index (κ1) is 12.4. The van der Waals surface area contributed by atoms with Crippen molar-refractivity contribution < 1.29 is 4.79 Å². The largest absolute Gasteiger partial charge is 0.374 e. The highest BCUT2D eigenvalue weighted by Crippen LogP contribution is 2.43. The van der Waals surface area contributed by atoms with Crippen LogP contribution in [0.1, 0.15) is 35.9 Å². The molecule has 2 aromatic carbocycles. The molecule has 1 aliphatic heterocycles. The summed E-state index contributed by atoms with van der Waals surface area (Å²) < 4.78 is 0. The molecule has 104 valence electrons. The Morgan fingerprint density at radius 1 is 0.952 bits per heavy atom. The van der Waals surface area contributed by atoms with Gasteiger partial charge in [-0.05, 0) is 30.0 Å². The number of hydrogen-bond acceptors (Lipinski definition) is 2. The minimum atomic E-state index is -0.0369. The van der Waals surface area contributed by atoms with Crippen molar-refractivity contribution in [3.05, 3.63) is 77.4 Å². The van der Waals surface area contributed by atoms with E-state index in [-0.39, 0.29) is 17.7 Å². The summed E-state index contributed by atoms with van der Waals surface area (Å²) in [7, 11) is 0. The molecular weight excluding hydrogens is 258 g/mol. The number of benzene rings is 2. The first-order chi connectivity index (χ1) is 10.3. The summed E-state index contributed by atoms with van der Waals surface area (Å²) in [4.78, 5) is 12.9.